The van der Waals surface area contributed by atoms with Crippen LogP contribution in [0.1, 0.15) is 30.9 Å². The summed E-state index contributed by atoms with van der Waals surface area (Å²) in [5, 5.41) is 2.09. The second kappa shape index (κ2) is 7.36. The van der Waals surface area contributed by atoms with E-state index in [1.807, 2.05) is 6.92 Å². The molecule has 1 aromatic heterocycles. The van der Waals surface area contributed by atoms with Crippen LogP contribution >= 0.6 is 11.3 Å². The summed E-state index contributed by atoms with van der Waals surface area (Å²) in [6.07, 6.45) is 1.35. The first-order valence-electron chi connectivity index (χ1n) is 8.96. The lowest BCUT2D eigenvalue weighted by molar-refractivity contribution is -0.144. The van der Waals surface area contributed by atoms with Crippen molar-refractivity contribution in [3.63, 3.8) is 0 Å². The lowest BCUT2D eigenvalue weighted by Gasteiger charge is -2.33. The minimum atomic E-state index is -1.17. The fraction of sp³-hybridized carbons (Fsp3) is 0.474. The fourth-order valence-electron chi connectivity index (χ4n) is 3.27. The highest BCUT2D eigenvalue weighted by molar-refractivity contribution is 7.10. The molecule has 2 aliphatic rings. The summed E-state index contributed by atoms with van der Waals surface area (Å²) in [5.74, 6) is -2.22. The van der Waals surface area contributed by atoms with Gasteiger partial charge < -0.3 is 14.4 Å². The highest BCUT2D eigenvalue weighted by atomic mass is 32.1. The zero-order chi connectivity index (χ0) is 19.9. The Morgan fingerprint density at radius 2 is 2.21 bits per heavy atom. The maximum Gasteiger partial charge on any atom is 0.228 e. The number of thiazole rings is 1. The number of halogens is 3. The molecule has 1 saturated heterocycles. The Morgan fingerprint density at radius 3 is 2.93 bits per heavy atom. The first kappa shape index (κ1) is 19.2. The van der Waals surface area contributed by atoms with E-state index in [1.165, 1.54) is 17.4 Å². The summed E-state index contributed by atoms with van der Waals surface area (Å²) in [7, 11) is 0. The molecule has 1 saturated carbocycles. The van der Waals surface area contributed by atoms with E-state index in [4.69, 9.17) is 9.47 Å². The zero-order valence-corrected chi connectivity index (χ0v) is 16.0. The lowest BCUT2D eigenvalue weighted by atomic mass is 10.1. The van der Waals surface area contributed by atoms with Crippen LogP contribution in [-0.4, -0.2) is 42.3 Å². The highest BCUT2D eigenvalue weighted by Crippen LogP contribution is 2.47. The van der Waals surface area contributed by atoms with Crippen molar-refractivity contribution in [3.8, 4) is 17.0 Å². The second-order valence-corrected chi connectivity index (χ2v) is 8.12. The molecule has 0 radical (unpaired) electrons. The Kier molecular flexibility index (Phi) is 5.05. The molecule has 2 aromatic rings. The number of aromatic nitrogens is 1. The number of morpholine rings is 1. The average Bonchev–Trinajstić information content (AvgIpc) is 3.26. The summed E-state index contributed by atoms with van der Waals surface area (Å²) in [6.45, 7) is 2.06. The van der Waals surface area contributed by atoms with Crippen LogP contribution in [0.4, 0.5) is 13.2 Å². The molecule has 2 heterocycles. The molecule has 28 heavy (non-hydrogen) atoms. The average molecular weight is 412 g/mol. The zero-order valence-electron chi connectivity index (χ0n) is 15.2. The minimum absolute atomic E-state index is 0.118. The molecule has 150 valence electrons. The van der Waals surface area contributed by atoms with Crippen molar-refractivity contribution >= 4 is 17.2 Å². The quantitative estimate of drug-likeness (QED) is 0.742. The number of carbonyl (C=O) groups excluding carboxylic acids is 1. The summed E-state index contributed by atoms with van der Waals surface area (Å²) in [6, 6.07) is 2.05. The monoisotopic (exact) mass is 412 g/mol. The minimum Gasteiger partial charge on any atom is -0.462 e. The van der Waals surface area contributed by atoms with E-state index < -0.39 is 24.6 Å². The number of nitrogens with zero attached hydrogens (tertiary/aromatic N) is 2. The number of ether oxygens (including phenoxy) is 2. The molecule has 0 N–H and O–H groups in total. The largest absolute Gasteiger partial charge is 0.462 e. The van der Waals surface area contributed by atoms with Crippen LogP contribution in [0.25, 0.3) is 11.3 Å². The van der Waals surface area contributed by atoms with Gasteiger partial charge in [-0.2, -0.15) is 0 Å². The van der Waals surface area contributed by atoms with E-state index in [0.717, 1.165) is 18.9 Å². The van der Waals surface area contributed by atoms with Gasteiger partial charge in [0.05, 0.1) is 24.4 Å². The number of hydrogen-bond acceptors (Lipinski definition) is 5. The van der Waals surface area contributed by atoms with E-state index in [1.54, 1.807) is 10.3 Å². The maximum atomic E-state index is 14.3. The summed E-state index contributed by atoms with van der Waals surface area (Å²) in [5.41, 5.74) is -0.352. The Morgan fingerprint density at radius 1 is 1.43 bits per heavy atom. The number of alkyl halides is 1. The van der Waals surface area contributed by atoms with Crippen LogP contribution in [0.2, 0.25) is 0 Å². The number of rotatable bonds is 5. The van der Waals surface area contributed by atoms with Crippen molar-refractivity contribution in [2.75, 3.05) is 26.6 Å². The molecule has 1 aromatic carbocycles. The molecule has 1 aliphatic heterocycles. The SMILES string of the molecule is CC1(C(=O)N2CCO[C@@H](c3nc(-c4c(OCF)ccc(F)c4F)cs3)C2)CC1. The second-order valence-electron chi connectivity index (χ2n) is 7.23. The van der Waals surface area contributed by atoms with Crippen molar-refractivity contribution in [3.05, 3.63) is 34.2 Å². The molecule has 5 nitrogen and oxygen atoms in total. The van der Waals surface area contributed by atoms with Gasteiger partial charge in [0.25, 0.3) is 0 Å². The molecular weight excluding hydrogens is 393 g/mol. The first-order valence-corrected chi connectivity index (χ1v) is 9.84. The van der Waals surface area contributed by atoms with E-state index in [2.05, 4.69) is 4.98 Å². The molecule has 0 unspecified atom stereocenters. The van der Waals surface area contributed by atoms with Gasteiger partial charge >= 0.3 is 0 Å². The van der Waals surface area contributed by atoms with Gasteiger partial charge in [-0.25, -0.2) is 18.2 Å². The Hall–Kier alpha value is -2.13. The van der Waals surface area contributed by atoms with E-state index in [9.17, 15) is 18.0 Å². The third-order valence-electron chi connectivity index (χ3n) is 5.19. The van der Waals surface area contributed by atoms with Crippen molar-refractivity contribution in [2.45, 2.75) is 25.9 Å². The van der Waals surface area contributed by atoms with Gasteiger partial charge in [-0.15, -0.1) is 11.3 Å². The van der Waals surface area contributed by atoms with Crippen LogP contribution in [0, 0.1) is 17.0 Å². The van der Waals surface area contributed by atoms with Crippen LogP contribution in [0.15, 0.2) is 17.5 Å². The molecule has 1 aliphatic carbocycles. The summed E-state index contributed by atoms with van der Waals surface area (Å²) in [4.78, 5) is 18.7. The molecular formula is C19H19F3N2O3S. The van der Waals surface area contributed by atoms with Gasteiger partial charge in [-0.1, -0.05) is 6.92 Å². The van der Waals surface area contributed by atoms with Crippen LogP contribution in [0.3, 0.4) is 0 Å². The van der Waals surface area contributed by atoms with Gasteiger partial charge in [-0.05, 0) is 25.0 Å². The van der Waals surface area contributed by atoms with Crippen LogP contribution in [-0.2, 0) is 9.53 Å². The number of hydrogen-bond donors (Lipinski definition) is 0. The molecule has 1 atom stereocenters. The van der Waals surface area contributed by atoms with Crippen molar-refractivity contribution in [1.82, 2.24) is 9.88 Å². The van der Waals surface area contributed by atoms with Crippen molar-refractivity contribution in [2.24, 2.45) is 5.41 Å². The Labute approximate surface area is 164 Å². The Balaban J connectivity index is 1.58. The topological polar surface area (TPSA) is 51.7 Å². The predicted octanol–water partition coefficient (Wildman–Crippen LogP) is 4.09. The number of benzene rings is 1. The van der Waals surface area contributed by atoms with Gasteiger partial charge in [-0.3, -0.25) is 4.79 Å². The normalized spacial score (nSPS) is 20.9. The van der Waals surface area contributed by atoms with Crippen LogP contribution < -0.4 is 4.74 Å². The van der Waals surface area contributed by atoms with E-state index >= 15 is 0 Å². The summed E-state index contributed by atoms with van der Waals surface area (Å²) < 4.78 is 51.2. The summed E-state index contributed by atoms with van der Waals surface area (Å²) >= 11 is 1.22. The predicted molar refractivity (Wildman–Crippen MR) is 96.7 cm³/mol. The van der Waals surface area contributed by atoms with Crippen molar-refractivity contribution in [1.29, 1.82) is 0 Å². The van der Waals surface area contributed by atoms with Gasteiger partial charge in [0.1, 0.15) is 16.9 Å². The highest BCUT2D eigenvalue weighted by Gasteiger charge is 2.48. The molecule has 4 rings (SSSR count). The smallest absolute Gasteiger partial charge is 0.228 e. The molecule has 0 bridgehead atoms. The third kappa shape index (κ3) is 3.48. The number of amides is 1. The fourth-order valence-corrected chi connectivity index (χ4v) is 4.12. The molecule has 1 amide bonds. The van der Waals surface area contributed by atoms with Gasteiger partial charge in [0.15, 0.2) is 11.6 Å². The number of carbonyl (C=O) groups is 1. The molecule has 9 heteroatoms. The Bertz CT molecular complexity index is 901. The third-order valence-corrected chi connectivity index (χ3v) is 6.13. The van der Waals surface area contributed by atoms with E-state index in [-0.39, 0.29) is 28.3 Å². The van der Waals surface area contributed by atoms with Gasteiger partial charge in [0.2, 0.25) is 12.8 Å². The van der Waals surface area contributed by atoms with Gasteiger partial charge in [0, 0.05) is 17.3 Å². The molecule has 0 spiro atoms. The van der Waals surface area contributed by atoms with Crippen molar-refractivity contribution < 1.29 is 27.4 Å². The van der Waals surface area contributed by atoms with Crippen LogP contribution in [0.5, 0.6) is 5.75 Å². The molecule has 2 fully saturated rings. The first-order chi connectivity index (χ1) is 13.4. The maximum absolute atomic E-state index is 14.3. The lowest BCUT2D eigenvalue weighted by Crippen LogP contribution is -2.45. The standard InChI is InChI=1S/C19H19F3N2O3S/c1-19(4-5-19)18(25)24-6-7-26-14(8-24)17-23-12(9-28-17)15-13(27-10-20)3-2-11(21)16(15)22/h2-3,9,14H,4-8,10H2,1H3/t14-/m1/s1. The van der Waals surface area contributed by atoms with E-state index in [0.29, 0.717) is 24.7 Å².